The van der Waals surface area contributed by atoms with Gasteiger partial charge in [-0.05, 0) is 31.7 Å². The molecule has 2 fully saturated rings. The van der Waals surface area contributed by atoms with Crippen LogP contribution in [0.5, 0.6) is 0 Å². The number of rotatable bonds is 4. The van der Waals surface area contributed by atoms with Crippen LogP contribution >= 0.6 is 0 Å². The lowest BCUT2D eigenvalue weighted by atomic mass is 10.1. The molecule has 0 spiro atoms. The number of anilines is 1. The van der Waals surface area contributed by atoms with Gasteiger partial charge in [0.1, 0.15) is 0 Å². The quantitative estimate of drug-likeness (QED) is 0.883. The second-order valence-corrected chi connectivity index (χ2v) is 7.96. The third-order valence-electron chi connectivity index (χ3n) is 4.30. The molecule has 2 aliphatic rings. The molecule has 0 atom stereocenters. The van der Waals surface area contributed by atoms with Crippen molar-refractivity contribution < 1.29 is 13.2 Å². The van der Waals surface area contributed by atoms with E-state index >= 15 is 0 Å². The first kappa shape index (κ1) is 15.6. The van der Waals surface area contributed by atoms with Crippen molar-refractivity contribution >= 4 is 16.0 Å². The van der Waals surface area contributed by atoms with Gasteiger partial charge in [-0.3, -0.25) is 0 Å². The van der Waals surface area contributed by atoms with E-state index in [0.717, 1.165) is 12.8 Å². The molecular formula is C14H22N4O3S. The van der Waals surface area contributed by atoms with E-state index in [0.29, 0.717) is 45.1 Å². The Morgan fingerprint density at radius 3 is 2.36 bits per heavy atom. The summed E-state index contributed by atoms with van der Waals surface area (Å²) in [5, 5.41) is 2.99. The zero-order chi connectivity index (χ0) is 15.4. The predicted molar refractivity (Wildman–Crippen MR) is 83.0 cm³/mol. The Hall–Kier alpha value is -1.25. The van der Waals surface area contributed by atoms with E-state index < -0.39 is 10.0 Å². The van der Waals surface area contributed by atoms with Crippen molar-refractivity contribution in [3.8, 4) is 0 Å². The number of nitrogens with one attached hydrogen (secondary N) is 1. The maximum Gasteiger partial charge on any atom is 0.222 e. The van der Waals surface area contributed by atoms with Crippen LogP contribution in [0.1, 0.15) is 25.7 Å². The molecule has 1 aromatic rings. The fourth-order valence-corrected chi connectivity index (χ4v) is 4.93. The van der Waals surface area contributed by atoms with Gasteiger partial charge in [0.15, 0.2) is 0 Å². The van der Waals surface area contributed by atoms with E-state index in [2.05, 4.69) is 15.3 Å². The van der Waals surface area contributed by atoms with E-state index in [1.165, 1.54) is 0 Å². The van der Waals surface area contributed by atoms with Crippen LogP contribution in [0, 0.1) is 0 Å². The van der Waals surface area contributed by atoms with Gasteiger partial charge in [-0.25, -0.2) is 22.7 Å². The summed E-state index contributed by atoms with van der Waals surface area (Å²) in [6.07, 6.45) is 6.16. The van der Waals surface area contributed by atoms with Gasteiger partial charge >= 0.3 is 0 Å². The monoisotopic (exact) mass is 326 g/mol. The highest BCUT2D eigenvalue weighted by atomic mass is 32.2. The molecule has 0 saturated carbocycles. The number of piperidine rings is 1. The van der Waals surface area contributed by atoms with Crippen LogP contribution in [0.3, 0.4) is 0 Å². The maximum atomic E-state index is 12.6. The number of sulfonamides is 1. The Morgan fingerprint density at radius 2 is 1.73 bits per heavy atom. The molecular weight excluding hydrogens is 304 g/mol. The number of hydrogen-bond acceptors (Lipinski definition) is 6. The molecule has 3 heterocycles. The van der Waals surface area contributed by atoms with Crippen LogP contribution in [-0.2, 0) is 14.8 Å². The van der Waals surface area contributed by atoms with Crippen molar-refractivity contribution in [3.63, 3.8) is 0 Å². The minimum absolute atomic E-state index is 0.225. The van der Waals surface area contributed by atoms with Gasteiger partial charge in [0.25, 0.3) is 0 Å². The van der Waals surface area contributed by atoms with Gasteiger partial charge in [-0.1, -0.05) is 0 Å². The Morgan fingerprint density at radius 1 is 1.09 bits per heavy atom. The lowest BCUT2D eigenvalue weighted by Crippen LogP contribution is -2.47. The summed E-state index contributed by atoms with van der Waals surface area (Å²) < 4.78 is 32.2. The summed E-state index contributed by atoms with van der Waals surface area (Å²) in [5.74, 6) is 0.605. The standard InChI is InChI=1S/C14H22N4O3S/c19-22(20,13-4-10-21-11-5-13)18-8-2-12(3-9-18)17-14-15-6-1-7-16-14/h1,6-7,12-13H,2-5,8-11H2,(H,15,16,17). The summed E-state index contributed by atoms with van der Waals surface area (Å²) in [7, 11) is -3.19. The average Bonchev–Trinajstić information content (AvgIpc) is 2.57. The average molecular weight is 326 g/mol. The summed E-state index contributed by atoms with van der Waals surface area (Å²) in [6.45, 7) is 2.22. The molecule has 7 nitrogen and oxygen atoms in total. The zero-order valence-corrected chi connectivity index (χ0v) is 13.3. The van der Waals surface area contributed by atoms with E-state index in [1.807, 2.05) is 0 Å². The molecule has 8 heteroatoms. The number of ether oxygens (including phenoxy) is 1. The van der Waals surface area contributed by atoms with Gasteiger partial charge in [-0.2, -0.15) is 0 Å². The lowest BCUT2D eigenvalue weighted by molar-refractivity contribution is 0.0969. The topological polar surface area (TPSA) is 84.4 Å². The molecule has 0 amide bonds. The maximum absolute atomic E-state index is 12.6. The van der Waals surface area contributed by atoms with Gasteiger partial charge < -0.3 is 10.1 Å². The van der Waals surface area contributed by atoms with Crippen molar-refractivity contribution in [2.24, 2.45) is 0 Å². The molecule has 1 aromatic heterocycles. The molecule has 0 radical (unpaired) electrons. The zero-order valence-electron chi connectivity index (χ0n) is 12.5. The van der Waals surface area contributed by atoms with Crippen LogP contribution in [-0.4, -0.2) is 60.3 Å². The molecule has 0 bridgehead atoms. The smallest absolute Gasteiger partial charge is 0.222 e. The first-order valence-electron chi connectivity index (χ1n) is 7.76. The molecule has 0 aliphatic carbocycles. The lowest BCUT2D eigenvalue weighted by Gasteiger charge is -2.35. The number of nitrogens with zero attached hydrogens (tertiary/aromatic N) is 3. The number of aromatic nitrogens is 2. The third-order valence-corrected chi connectivity index (χ3v) is 6.70. The fraction of sp³-hybridized carbons (Fsp3) is 0.714. The molecule has 122 valence electrons. The first-order chi connectivity index (χ1) is 10.7. The highest BCUT2D eigenvalue weighted by Gasteiger charge is 2.35. The minimum atomic E-state index is -3.19. The van der Waals surface area contributed by atoms with Crippen molar-refractivity contribution in [1.82, 2.24) is 14.3 Å². The normalized spacial score (nSPS) is 22.5. The fourth-order valence-electron chi connectivity index (χ4n) is 3.00. The van der Waals surface area contributed by atoms with Crippen LogP contribution in [0.25, 0.3) is 0 Å². The van der Waals surface area contributed by atoms with E-state index in [-0.39, 0.29) is 11.3 Å². The van der Waals surface area contributed by atoms with Crippen LogP contribution in [0.2, 0.25) is 0 Å². The van der Waals surface area contributed by atoms with Crippen LogP contribution < -0.4 is 5.32 Å². The van der Waals surface area contributed by atoms with Gasteiger partial charge in [0.2, 0.25) is 16.0 Å². The second-order valence-electron chi connectivity index (χ2n) is 5.75. The third kappa shape index (κ3) is 3.56. The van der Waals surface area contributed by atoms with Crippen LogP contribution in [0.15, 0.2) is 18.5 Å². The molecule has 22 heavy (non-hydrogen) atoms. The Balaban J connectivity index is 1.54. The summed E-state index contributed by atoms with van der Waals surface area (Å²) in [4.78, 5) is 8.29. The second kappa shape index (κ2) is 6.89. The van der Waals surface area contributed by atoms with Crippen molar-refractivity contribution in [1.29, 1.82) is 0 Å². The van der Waals surface area contributed by atoms with Crippen molar-refractivity contribution in [2.75, 3.05) is 31.6 Å². The molecule has 2 aliphatic heterocycles. The van der Waals surface area contributed by atoms with Crippen LogP contribution in [0.4, 0.5) is 5.95 Å². The van der Waals surface area contributed by atoms with Crippen molar-refractivity contribution in [3.05, 3.63) is 18.5 Å². The molecule has 3 rings (SSSR count). The van der Waals surface area contributed by atoms with Gasteiger partial charge in [0.05, 0.1) is 5.25 Å². The Bertz CT molecular complexity index is 567. The van der Waals surface area contributed by atoms with E-state index in [4.69, 9.17) is 4.74 Å². The molecule has 2 saturated heterocycles. The van der Waals surface area contributed by atoms with Gasteiger partial charge in [-0.15, -0.1) is 0 Å². The minimum Gasteiger partial charge on any atom is -0.381 e. The summed E-state index contributed by atoms with van der Waals surface area (Å²) >= 11 is 0. The van der Waals surface area contributed by atoms with Crippen molar-refractivity contribution in [2.45, 2.75) is 37.0 Å². The first-order valence-corrected chi connectivity index (χ1v) is 9.27. The molecule has 0 unspecified atom stereocenters. The van der Waals surface area contributed by atoms with E-state index in [9.17, 15) is 8.42 Å². The molecule has 0 aromatic carbocycles. The van der Waals surface area contributed by atoms with E-state index in [1.54, 1.807) is 22.8 Å². The highest BCUT2D eigenvalue weighted by Crippen LogP contribution is 2.24. The Kier molecular flexibility index (Phi) is 4.90. The Labute approximate surface area is 131 Å². The number of hydrogen-bond donors (Lipinski definition) is 1. The SMILES string of the molecule is O=S(=O)(C1CCOCC1)N1CCC(Nc2ncccn2)CC1. The predicted octanol–water partition coefficient (Wildman–Crippen LogP) is 0.862. The molecule has 1 N–H and O–H groups in total. The highest BCUT2D eigenvalue weighted by molar-refractivity contribution is 7.89. The summed E-state index contributed by atoms with van der Waals surface area (Å²) in [6, 6.07) is 2.00. The largest absolute Gasteiger partial charge is 0.381 e. The van der Waals surface area contributed by atoms with Gasteiger partial charge in [0, 0.05) is 44.7 Å². The summed E-state index contributed by atoms with van der Waals surface area (Å²) in [5.41, 5.74) is 0.